The molecule has 1 aromatic carbocycles. The summed E-state index contributed by atoms with van der Waals surface area (Å²) in [6.07, 6.45) is 2.71. The van der Waals surface area contributed by atoms with Crippen LogP contribution in [0.3, 0.4) is 0 Å². The van der Waals surface area contributed by atoms with E-state index in [9.17, 15) is 23.7 Å². The van der Waals surface area contributed by atoms with E-state index in [1.54, 1.807) is 18.2 Å². The van der Waals surface area contributed by atoms with Gasteiger partial charge in [-0.2, -0.15) is 0 Å². The molecule has 1 heterocycles. The van der Waals surface area contributed by atoms with Crippen LogP contribution < -0.4 is 0 Å². The molecule has 0 spiro atoms. The molecule has 0 bridgehead atoms. The second kappa shape index (κ2) is 9.50. The van der Waals surface area contributed by atoms with Gasteiger partial charge in [-0.05, 0) is 48.1 Å². The summed E-state index contributed by atoms with van der Waals surface area (Å²) in [5, 5.41) is 28.7. The van der Waals surface area contributed by atoms with Crippen molar-refractivity contribution in [2.24, 2.45) is 0 Å². The quantitative estimate of drug-likeness (QED) is 0.552. The Morgan fingerprint density at radius 1 is 1.41 bits per heavy atom. The van der Waals surface area contributed by atoms with Gasteiger partial charge in [0.05, 0.1) is 25.1 Å². The highest BCUT2D eigenvalue weighted by molar-refractivity contribution is 7.92. The minimum atomic E-state index is -3.51. The molecule has 0 saturated heterocycles. The molecule has 0 fully saturated rings. The molecule has 1 aromatic rings. The number of hydrogen-bond acceptors (Lipinski definition) is 6. The number of sulfone groups is 1. The Kier molecular flexibility index (Phi) is 7.61. The molecule has 2 atom stereocenters. The van der Waals surface area contributed by atoms with Crippen molar-refractivity contribution in [2.75, 3.05) is 26.1 Å². The molecule has 1 aliphatic heterocycles. The first-order chi connectivity index (χ1) is 12.8. The van der Waals surface area contributed by atoms with Gasteiger partial charge >= 0.3 is 0 Å². The molecular formula is C20H28O6S. The minimum absolute atomic E-state index is 0.127. The van der Waals surface area contributed by atoms with E-state index in [0.29, 0.717) is 24.0 Å². The van der Waals surface area contributed by atoms with Crippen LogP contribution in [0.4, 0.5) is 0 Å². The van der Waals surface area contributed by atoms with E-state index in [2.05, 4.69) is 0 Å². The largest absolute Gasteiger partial charge is 0.508 e. The van der Waals surface area contributed by atoms with E-state index in [-0.39, 0.29) is 18.1 Å². The highest BCUT2D eigenvalue weighted by Crippen LogP contribution is 2.32. The molecule has 0 amide bonds. The van der Waals surface area contributed by atoms with Gasteiger partial charge in [-0.1, -0.05) is 30.7 Å². The lowest BCUT2D eigenvalue weighted by molar-refractivity contribution is 0.182. The van der Waals surface area contributed by atoms with Crippen molar-refractivity contribution in [3.05, 3.63) is 46.5 Å². The first-order valence-corrected chi connectivity index (χ1v) is 10.7. The highest BCUT2D eigenvalue weighted by atomic mass is 32.2. The van der Waals surface area contributed by atoms with Crippen LogP contribution in [0.5, 0.6) is 5.75 Å². The molecular weight excluding hydrogens is 368 g/mol. The number of aliphatic hydroxyl groups excluding tert-OH is 2. The number of benzene rings is 1. The van der Waals surface area contributed by atoms with Gasteiger partial charge in [0.15, 0.2) is 9.84 Å². The van der Waals surface area contributed by atoms with Crippen LogP contribution in [0, 0.1) is 0 Å². The molecule has 1 aliphatic rings. The molecule has 6 nitrogen and oxygen atoms in total. The monoisotopic (exact) mass is 396 g/mol. The van der Waals surface area contributed by atoms with Crippen molar-refractivity contribution in [1.29, 1.82) is 0 Å². The maximum Gasteiger partial charge on any atom is 0.163 e. The molecule has 0 aromatic heterocycles. The van der Waals surface area contributed by atoms with Crippen LogP contribution >= 0.6 is 0 Å². The summed E-state index contributed by atoms with van der Waals surface area (Å²) in [6, 6.07) is 6.92. The van der Waals surface area contributed by atoms with Crippen molar-refractivity contribution in [3.63, 3.8) is 0 Å². The average Bonchev–Trinajstić information content (AvgIpc) is 2.88. The second-order valence-corrected chi connectivity index (χ2v) is 8.96. The fourth-order valence-corrected chi connectivity index (χ4v) is 5.36. The van der Waals surface area contributed by atoms with Crippen LogP contribution in [-0.2, 0) is 14.6 Å². The predicted molar refractivity (Wildman–Crippen MR) is 105 cm³/mol. The third-order valence-electron chi connectivity index (χ3n) is 4.84. The van der Waals surface area contributed by atoms with Crippen LogP contribution in [0.15, 0.2) is 41.0 Å². The number of methoxy groups -OCH3 is 1. The van der Waals surface area contributed by atoms with Gasteiger partial charge in [0.1, 0.15) is 11.0 Å². The lowest BCUT2D eigenvalue weighted by Crippen LogP contribution is -2.29. The van der Waals surface area contributed by atoms with E-state index in [1.807, 2.05) is 19.1 Å². The Bertz CT molecular complexity index is 810. The van der Waals surface area contributed by atoms with Gasteiger partial charge in [-0.15, -0.1) is 0 Å². The van der Waals surface area contributed by atoms with E-state index in [1.165, 1.54) is 7.11 Å². The Balaban J connectivity index is 2.16. The van der Waals surface area contributed by atoms with Gasteiger partial charge in [-0.3, -0.25) is 0 Å². The number of phenolic OH excluding ortho intramolecular Hbond substituents is 1. The van der Waals surface area contributed by atoms with E-state index in [0.717, 1.165) is 17.6 Å². The molecule has 0 saturated carbocycles. The van der Waals surface area contributed by atoms with E-state index >= 15 is 0 Å². The Morgan fingerprint density at radius 2 is 2.15 bits per heavy atom. The van der Waals surface area contributed by atoms with Gasteiger partial charge in [0, 0.05) is 7.11 Å². The lowest BCUT2D eigenvalue weighted by atomic mass is 9.94. The molecule has 2 rings (SSSR count). The smallest absolute Gasteiger partial charge is 0.163 e. The van der Waals surface area contributed by atoms with Crippen LogP contribution in [0.25, 0.3) is 6.08 Å². The SMILES string of the molecule is CC/C(=C\c1cccc(O)c1)CC[C@@H](O)C1=C(COC)CS(=O)(=O)[C@H]1CO. The Labute approximate surface area is 160 Å². The summed E-state index contributed by atoms with van der Waals surface area (Å²) in [5.41, 5.74) is 2.87. The Hall–Kier alpha value is -1.67. The number of aliphatic hydroxyl groups is 2. The zero-order valence-corrected chi connectivity index (χ0v) is 16.6. The molecule has 27 heavy (non-hydrogen) atoms. The number of hydrogen-bond donors (Lipinski definition) is 3. The first kappa shape index (κ1) is 21.6. The zero-order valence-electron chi connectivity index (χ0n) is 15.8. The maximum absolute atomic E-state index is 12.3. The number of phenols is 1. The third kappa shape index (κ3) is 5.42. The van der Waals surface area contributed by atoms with Gasteiger partial charge in [-0.25, -0.2) is 8.42 Å². The molecule has 150 valence electrons. The lowest BCUT2D eigenvalue weighted by Gasteiger charge is -2.19. The molecule has 0 aliphatic carbocycles. The van der Waals surface area contributed by atoms with Crippen LogP contribution in [-0.4, -0.2) is 61.2 Å². The third-order valence-corrected chi connectivity index (χ3v) is 6.86. The summed E-state index contributed by atoms with van der Waals surface area (Å²) in [7, 11) is -2.03. The van der Waals surface area contributed by atoms with Crippen molar-refractivity contribution in [1.82, 2.24) is 0 Å². The maximum atomic E-state index is 12.3. The molecule has 3 N–H and O–H groups in total. The number of ether oxygens (including phenoxy) is 1. The van der Waals surface area contributed by atoms with E-state index in [4.69, 9.17) is 4.74 Å². The number of aromatic hydroxyl groups is 1. The average molecular weight is 397 g/mol. The molecule has 0 unspecified atom stereocenters. The van der Waals surface area contributed by atoms with Crippen LogP contribution in [0.1, 0.15) is 31.7 Å². The van der Waals surface area contributed by atoms with Crippen molar-refractivity contribution >= 4 is 15.9 Å². The standard InChI is InChI=1S/C20H28O6S/c1-3-14(9-15-5-4-6-17(22)10-15)7-8-18(23)20-16(12-26-2)13-27(24,25)19(20)11-21/h4-6,9-10,18-19,21-23H,3,7-8,11-13H2,1-2H3/b14-9+/t18-,19+/m1/s1. The van der Waals surface area contributed by atoms with Crippen molar-refractivity contribution < 1.29 is 28.5 Å². The highest BCUT2D eigenvalue weighted by Gasteiger charge is 2.40. The van der Waals surface area contributed by atoms with Crippen molar-refractivity contribution in [2.45, 2.75) is 37.5 Å². The normalized spacial score (nSPS) is 20.9. The zero-order chi connectivity index (χ0) is 20.0. The summed E-state index contributed by atoms with van der Waals surface area (Å²) in [5.74, 6) is 0.00801. The first-order valence-electron chi connectivity index (χ1n) is 9.02. The predicted octanol–water partition coefficient (Wildman–Crippen LogP) is 2.06. The van der Waals surface area contributed by atoms with Crippen LogP contribution in [0.2, 0.25) is 0 Å². The fraction of sp³-hybridized carbons (Fsp3) is 0.500. The summed E-state index contributed by atoms with van der Waals surface area (Å²) < 4.78 is 29.6. The Morgan fingerprint density at radius 3 is 2.74 bits per heavy atom. The summed E-state index contributed by atoms with van der Waals surface area (Å²) in [6.45, 7) is 1.59. The van der Waals surface area contributed by atoms with E-state index < -0.39 is 27.8 Å². The molecule has 7 heteroatoms. The number of rotatable bonds is 9. The number of allylic oxidation sites excluding steroid dienone is 1. The van der Waals surface area contributed by atoms with Gasteiger partial charge in [0.25, 0.3) is 0 Å². The summed E-state index contributed by atoms with van der Waals surface area (Å²) in [4.78, 5) is 0. The van der Waals surface area contributed by atoms with Gasteiger partial charge in [0.2, 0.25) is 0 Å². The topological polar surface area (TPSA) is 104 Å². The fourth-order valence-electron chi connectivity index (χ4n) is 3.49. The van der Waals surface area contributed by atoms with Gasteiger partial charge < -0.3 is 20.1 Å². The molecule has 0 radical (unpaired) electrons. The minimum Gasteiger partial charge on any atom is -0.508 e. The second-order valence-electron chi connectivity index (χ2n) is 6.78. The summed E-state index contributed by atoms with van der Waals surface area (Å²) >= 11 is 0. The van der Waals surface area contributed by atoms with Crippen molar-refractivity contribution in [3.8, 4) is 5.75 Å².